The second kappa shape index (κ2) is 5.32. The van der Waals surface area contributed by atoms with Crippen LogP contribution in [0.3, 0.4) is 0 Å². The molecule has 0 aliphatic carbocycles. The standard InChI is InChI=1S/C10H16F3N3/c1-3-5-6-8-9(10(11,12)13)16(7-4-2)15-14-8/h3-7H2,1-2H3. The first-order valence-electron chi connectivity index (χ1n) is 5.50. The normalized spacial score (nSPS) is 12.1. The van der Waals surface area contributed by atoms with Gasteiger partial charge in [-0.25, -0.2) is 4.68 Å². The molecule has 0 unspecified atom stereocenters. The first kappa shape index (κ1) is 13.0. The van der Waals surface area contributed by atoms with Crippen molar-refractivity contribution in [2.75, 3.05) is 0 Å². The van der Waals surface area contributed by atoms with Crippen LogP contribution in [0.25, 0.3) is 0 Å². The quantitative estimate of drug-likeness (QED) is 0.785. The van der Waals surface area contributed by atoms with Crippen LogP contribution in [0.5, 0.6) is 0 Å². The Hall–Kier alpha value is -1.07. The Bertz CT molecular complexity index is 331. The number of aromatic nitrogens is 3. The van der Waals surface area contributed by atoms with Gasteiger partial charge in [-0.05, 0) is 19.3 Å². The number of rotatable bonds is 5. The second-order valence-electron chi connectivity index (χ2n) is 3.71. The van der Waals surface area contributed by atoms with Crippen molar-refractivity contribution in [2.45, 2.75) is 52.3 Å². The predicted octanol–water partition coefficient (Wildman–Crippen LogP) is 3.05. The Labute approximate surface area is 92.6 Å². The highest BCUT2D eigenvalue weighted by Gasteiger charge is 2.38. The molecule has 1 heterocycles. The van der Waals surface area contributed by atoms with E-state index in [1.807, 2.05) is 13.8 Å². The number of aryl methyl sites for hydroxylation is 2. The van der Waals surface area contributed by atoms with E-state index < -0.39 is 11.9 Å². The molecule has 0 atom stereocenters. The van der Waals surface area contributed by atoms with Crippen molar-refractivity contribution < 1.29 is 13.2 Å². The average Bonchev–Trinajstić information content (AvgIpc) is 2.58. The van der Waals surface area contributed by atoms with Crippen LogP contribution in [0.15, 0.2) is 0 Å². The molecule has 0 N–H and O–H groups in total. The molecule has 0 aliphatic rings. The van der Waals surface area contributed by atoms with Crippen molar-refractivity contribution in [3.63, 3.8) is 0 Å². The fourth-order valence-electron chi connectivity index (χ4n) is 1.54. The molecular weight excluding hydrogens is 219 g/mol. The van der Waals surface area contributed by atoms with E-state index in [1.165, 1.54) is 0 Å². The smallest absolute Gasteiger partial charge is 0.240 e. The summed E-state index contributed by atoms with van der Waals surface area (Å²) in [6.45, 7) is 4.01. The van der Waals surface area contributed by atoms with Crippen LogP contribution >= 0.6 is 0 Å². The summed E-state index contributed by atoms with van der Waals surface area (Å²) >= 11 is 0. The second-order valence-corrected chi connectivity index (χ2v) is 3.71. The van der Waals surface area contributed by atoms with Crippen LogP contribution in [0.4, 0.5) is 13.2 Å². The summed E-state index contributed by atoms with van der Waals surface area (Å²) in [6.07, 6.45) is -1.86. The number of nitrogens with zero attached hydrogens (tertiary/aromatic N) is 3. The SMILES string of the molecule is CCCCc1nnn(CCC)c1C(F)(F)F. The van der Waals surface area contributed by atoms with E-state index in [0.29, 0.717) is 19.3 Å². The van der Waals surface area contributed by atoms with Crippen molar-refractivity contribution in [2.24, 2.45) is 0 Å². The van der Waals surface area contributed by atoms with E-state index in [1.54, 1.807) is 0 Å². The maximum Gasteiger partial charge on any atom is 0.434 e. The topological polar surface area (TPSA) is 30.7 Å². The summed E-state index contributed by atoms with van der Waals surface area (Å²) in [5.41, 5.74) is -0.606. The highest BCUT2D eigenvalue weighted by molar-refractivity contribution is 5.14. The van der Waals surface area contributed by atoms with Gasteiger partial charge in [0.05, 0.1) is 5.69 Å². The van der Waals surface area contributed by atoms with Gasteiger partial charge in [0.2, 0.25) is 0 Å². The summed E-state index contributed by atoms with van der Waals surface area (Å²) in [6, 6.07) is 0. The molecule has 0 spiro atoms. The lowest BCUT2D eigenvalue weighted by atomic mass is 10.1. The molecule has 0 bridgehead atoms. The fraction of sp³-hybridized carbons (Fsp3) is 0.800. The van der Waals surface area contributed by atoms with E-state index >= 15 is 0 Å². The van der Waals surface area contributed by atoms with Crippen molar-refractivity contribution in [1.82, 2.24) is 15.0 Å². The molecule has 92 valence electrons. The van der Waals surface area contributed by atoms with Gasteiger partial charge in [0.15, 0.2) is 5.69 Å². The molecule has 0 radical (unpaired) electrons. The molecule has 0 amide bonds. The van der Waals surface area contributed by atoms with Crippen LogP contribution in [0.2, 0.25) is 0 Å². The highest BCUT2D eigenvalue weighted by atomic mass is 19.4. The van der Waals surface area contributed by atoms with Crippen LogP contribution in [0, 0.1) is 0 Å². The maximum absolute atomic E-state index is 12.8. The van der Waals surface area contributed by atoms with E-state index in [0.717, 1.165) is 11.1 Å². The van der Waals surface area contributed by atoms with Gasteiger partial charge in [-0.3, -0.25) is 0 Å². The van der Waals surface area contributed by atoms with Gasteiger partial charge in [-0.2, -0.15) is 13.2 Å². The monoisotopic (exact) mass is 235 g/mol. The lowest BCUT2D eigenvalue weighted by molar-refractivity contribution is -0.144. The van der Waals surface area contributed by atoms with Crippen LogP contribution < -0.4 is 0 Å². The Balaban J connectivity index is 2.99. The van der Waals surface area contributed by atoms with Gasteiger partial charge in [-0.1, -0.05) is 25.5 Å². The van der Waals surface area contributed by atoms with E-state index in [2.05, 4.69) is 10.3 Å². The van der Waals surface area contributed by atoms with Crippen LogP contribution in [-0.4, -0.2) is 15.0 Å². The molecule has 0 aliphatic heterocycles. The molecular formula is C10H16F3N3. The summed E-state index contributed by atoms with van der Waals surface area (Å²) in [4.78, 5) is 0. The third kappa shape index (κ3) is 2.96. The maximum atomic E-state index is 12.8. The molecule has 16 heavy (non-hydrogen) atoms. The number of hydrogen-bond acceptors (Lipinski definition) is 2. The minimum Gasteiger partial charge on any atom is -0.240 e. The van der Waals surface area contributed by atoms with Crippen molar-refractivity contribution in [3.8, 4) is 0 Å². The number of unbranched alkanes of at least 4 members (excludes halogenated alkanes) is 1. The summed E-state index contributed by atoms with van der Waals surface area (Å²) in [5, 5.41) is 7.20. The molecule has 3 nitrogen and oxygen atoms in total. The molecule has 1 aromatic heterocycles. The molecule has 0 aromatic carbocycles. The third-order valence-electron chi connectivity index (χ3n) is 2.28. The first-order valence-corrected chi connectivity index (χ1v) is 5.50. The zero-order valence-corrected chi connectivity index (χ0v) is 9.51. The molecule has 1 aromatic rings. The Kier molecular flexibility index (Phi) is 4.32. The van der Waals surface area contributed by atoms with Gasteiger partial charge in [0, 0.05) is 6.54 Å². The van der Waals surface area contributed by atoms with Gasteiger partial charge in [0.1, 0.15) is 0 Å². The van der Waals surface area contributed by atoms with Gasteiger partial charge < -0.3 is 0 Å². The third-order valence-corrected chi connectivity index (χ3v) is 2.28. The molecule has 1 rings (SSSR count). The Morgan fingerprint density at radius 2 is 1.88 bits per heavy atom. The minimum atomic E-state index is -4.36. The van der Waals surface area contributed by atoms with Gasteiger partial charge in [0.25, 0.3) is 0 Å². The summed E-state index contributed by atoms with van der Waals surface area (Å²) in [5.74, 6) is 0. The van der Waals surface area contributed by atoms with Gasteiger partial charge >= 0.3 is 6.18 Å². The Morgan fingerprint density at radius 1 is 1.19 bits per heavy atom. The van der Waals surface area contributed by atoms with E-state index in [4.69, 9.17) is 0 Å². The number of halogens is 3. The fourth-order valence-corrected chi connectivity index (χ4v) is 1.54. The van der Waals surface area contributed by atoms with Crippen molar-refractivity contribution in [3.05, 3.63) is 11.4 Å². The van der Waals surface area contributed by atoms with Crippen LogP contribution in [0.1, 0.15) is 44.5 Å². The number of alkyl halides is 3. The Morgan fingerprint density at radius 3 is 2.38 bits per heavy atom. The number of hydrogen-bond donors (Lipinski definition) is 0. The summed E-state index contributed by atoms with van der Waals surface area (Å²) in [7, 11) is 0. The first-order chi connectivity index (χ1) is 7.50. The largest absolute Gasteiger partial charge is 0.434 e. The predicted molar refractivity (Wildman–Crippen MR) is 53.9 cm³/mol. The zero-order chi connectivity index (χ0) is 12.2. The summed E-state index contributed by atoms with van der Waals surface area (Å²) < 4.78 is 39.3. The van der Waals surface area contributed by atoms with Gasteiger partial charge in [-0.15, -0.1) is 5.10 Å². The lowest BCUT2D eigenvalue weighted by Gasteiger charge is -2.10. The highest BCUT2D eigenvalue weighted by Crippen LogP contribution is 2.31. The molecule has 0 saturated carbocycles. The van der Waals surface area contributed by atoms with Crippen LogP contribution in [-0.2, 0) is 19.1 Å². The van der Waals surface area contributed by atoms with E-state index in [9.17, 15) is 13.2 Å². The molecule has 6 heteroatoms. The van der Waals surface area contributed by atoms with Crippen molar-refractivity contribution in [1.29, 1.82) is 0 Å². The average molecular weight is 235 g/mol. The minimum absolute atomic E-state index is 0.0720. The lowest BCUT2D eigenvalue weighted by Crippen LogP contribution is -2.16. The van der Waals surface area contributed by atoms with Crippen molar-refractivity contribution >= 4 is 0 Å². The molecule has 0 fully saturated rings. The zero-order valence-electron chi connectivity index (χ0n) is 9.51. The molecule has 0 saturated heterocycles. The van der Waals surface area contributed by atoms with E-state index in [-0.39, 0.29) is 12.2 Å².